The third kappa shape index (κ3) is 5.28. The van der Waals surface area contributed by atoms with E-state index >= 15 is 0 Å². The Balaban J connectivity index is 1.40. The van der Waals surface area contributed by atoms with E-state index < -0.39 is 12.0 Å². The molecule has 2 aliphatic carbocycles. The van der Waals surface area contributed by atoms with Gasteiger partial charge in [-0.15, -0.1) is 0 Å². The fourth-order valence-electron chi connectivity index (χ4n) is 4.29. The van der Waals surface area contributed by atoms with Crippen LogP contribution >= 0.6 is 0 Å². The molecule has 0 spiro atoms. The molecule has 0 bridgehead atoms. The molecule has 1 amide bonds. The first kappa shape index (κ1) is 21.6. The van der Waals surface area contributed by atoms with E-state index in [0.29, 0.717) is 25.2 Å². The molecular formula is C22H32N2O5. The van der Waals surface area contributed by atoms with Gasteiger partial charge in [-0.1, -0.05) is 6.07 Å². The molecule has 1 aromatic carbocycles. The first-order chi connectivity index (χ1) is 13.9. The second-order valence-electron chi connectivity index (χ2n) is 8.51. The van der Waals surface area contributed by atoms with Gasteiger partial charge in [0.25, 0.3) is 0 Å². The Kier molecular flexibility index (Phi) is 7.14. The molecule has 0 radical (unpaired) electrons. The number of phenols is 1. The molecule has 2 saturated carbocycles. The number of amides is 1. The van der Waals surface area contributed by atoms with Crippen LogP contribution in [0.15, 0.2) is 18.2 Å². The Hall–Kier alpha value is -2.12. The largest absolute Gasteiger partial charge is 0.507 e. The van der Waals surface area contributed by atoms with E-state index in [0.717, 1.165) is 44.1 Å². The molecule has 3 rings (SSSR count). The summed E-state index contributed by atoms with van der Waals surface area (Å²) >= 11 is 0. The van der Waals surface area contributed by atoms with Crippen LogP contribution in [0.25, 0.3) is 0 Å². The average Bonchev–Trinajstić information content (AvgIpc) is 2.67. The van der Waals surface area contributed by atoms with Crippen LogP contribution in [-0.4, -0.2) is 52.7 Å². The fourth-order valence-corrected chi connectivity index (χ4v) is 4.29. The predicted molar refractivity (Wildman–Crippen MR) is 109 cm³/mol. The summed E-state index contributed by atoms with van der Waals surface area (Å²) in [6.07, 6.45) is 7.21. The summed E-state index contributed by atoms with van der Waals surface area (Å²) in [6, 6.07) is 4.46. The molecule has 0 aliphatic heterocycles. The molecule has 0 aromatic heterocycles. The van der Waals surface area contributed by atoms with Crippen LogP contribution in [0.2, 0.25) is 0 Å². The molecule has 1 aromatic rings. The standard InChI is InChI=1S/C22H32N2O5/c1-24(17-3-2-4-17)21(26)20(23)16-8-5-14(6-9-16)12-29-13-15-7-10-19(25)18(11-15)22(27)28/h7,10-11,14,16-17,20,25H,2-6,8-9,12-13,23H2,1H3,(H,27,28)/t14?,16?,20-/m0/s1. The molecule has 4 N–H and O–H groups in total. The zero-order chi connectivity index (χ0) is 21.0. The van der Waals surface area contributed by atoms with Crippen molar-refractivity contribution in [2.75, 3.05) is 13.7 Å². The van der Waals surface area contributed by atoms with Gasteiger partial charge in [-0.2, -0.15) is 0 Å². The number of nitrogens with two attached hydrogens (primary N) is 1. The molecule has 0 saturated heterocycles. The van der Waals surface area contributed by atoms with Crippen LogP contribution < -0.4 is 5.73 Å². The second kappa shape index (κ2) is 9.59. The summed E-state index contributed by atoms with van der Waals surface area (Å²) < 4.78 is 5.79. The van der Waals surface area contributed by atoms with E-state index in [2.05, 4.69) is 0 Å². The minimum atomic E-state index is -1.16. The van der Waals surface area contributed by atoms with Crippen molar-refractivity contribution in [1.29, 1.82) is 0 Å². The van der Waals surface area contributed by atoms with E-state index in [4.69, 9.17) is 15.6 Å². The highest BCUT2D eigenvalue weighted by molar-refractivity contribution is 5.90. The summed E-state index contributed by atoms with van der Waals surface area (Å²) in [7, 11) is 1.88. The van der Waals surface area contributed by atoms with Crippen LogP contribution in [0, 0.1) is 11.8 Å². The van der Waals surface area contributed by atoms with E-state index in [1.54, 1.807) is 6.07 Å². The average molecular weight is 405 g/mol. The Labute approximate surface area is 171 Å². The smallest absolute Gasteiger partial charge is 0.339 e. The summed E-state index contributed by atoms with van der Waals surface area (Å²) in [5.41, 5.74) is 6.90. The number of likely N-dealkylation sites (N-methyl/N-ethyl adjacent to an activating group) is 1. The maximum absolute atomic E-state index is 12.6. The SMILES string of the molecule is CN(C(=O)[C@@H](N)C1CCC(COCc2ccc(O)c(C(=O)O)c2)CC1)C1CCC1. The van der Waals surface area contributed by atoms with Gasteiger partial charge >= 0.3 is 5.97 Å². The molecule has 7 heteroatoms. The van der Waals surface area contributed by atoms with Crippen LogP contribution in [0.1, 0.15) is 60.9 Å². The van der Waals surface area contributed by atoms with Gasteiger partial charge in [-0.05, 0) is 74.5 Å². The highest BCUT2D eigenvalue weighted by Gasteiger charge is 2.34. The summed E-state index contributed by atoms with van der Waals surface area (Å²) in [5, 5.41) is 18.6. The van der Waals surface area contributed by atoms with Crippen molar-refractivity contribution in [3.63, 3.8) is 0 Å². The molecule has 160 valence electrons. The maximum Gasteiger partial charge on any atom is 0.339 e. The number of carboxylic acid groups (broad SMARTS) is 1. The lowest BCUT2D eigenvalue weighted by molar-refractivity contribution is -0.136. The third-order valence-corrected chi connectivity index (χ3v) is 6.57. The van der Waals surface area contributed by atoms with E-state index in [1.807, 2.05) is 11.9 Å². The lowest BCUT2D eigenvalue weighted by Crippen LogP contribution is -2.52. The third-order valence-electron chi connectivity index (χ3n) is 6.57. The van der Waals surface area contributed by atoms with Crippen molar-refractivity contribution in [3.8, 4) is 5.75 Å². The van der Waals surface area contributed by atoms with Gasteiger partial charge in [0, 0.05) is 19.7 Å². The lowest BCUT2D eigenvalue weighted by Gasteiger charge is -2.38. The topological polar surface area (TPSA) is 113 Å². The Morgan fingerprint density at radius 2 is 1.90 bits per heavy atom. The molecule has 0 unspecified atom stereocenters. The first-order valence-corrected chi connectivity index (χ1v) is 10.5. The number of aromatic hydroxyl groups is 1. The van der Waals surface area contributed by atoms with E-state index in [1.165, 1.54) is 18.6 Å². The van der Waals surface area contributed by atoms with Gasteiger partial charge in [0.05, 0.1) is 12.6 Å². The number of nitrogens with zero attached hydrogens (tertiary/aromatic N) is 1. The number of aromatic carboxylic acids is 1. The van der Waals surface area contributed by atoms with Crippen LogP contribution in [-0.2, 0) is 16.1 Å². The normalized spacial score (nSPS) is 23.2. The molecule has 2 fully saturated rings. The van der Waals surface area contributed by atoms with Gasteiger partial charge in [0.1, 0.15) is 11.3 Å². The molecular weight excluding hydrogens is 372 g/mol. The van der Waals surface area contributed by atoms with Crippen LogP contribution in [0.3, 0.4) is 0 Å². The highest BCUT2D eigenvalue weighted by atomic mass is 16.5. The molecule has 0 heterocycles. The highest BCUT2D eigenvalue weighted by Crippen LogP contribution is 2.32. The van der Waals surface area contributed by atoms with Crippen molar-refractivity contribution in [1.82, 2.24) is 4.90 Å². The number of carboxylic acids is 1. The number of benzene rings is 1. The second-order valence-corrected chi connectivity index (χ2v) is 8.51. The molecule has 2 aliphatic rings. The quantitative estimate of drug-likeness (QED) is 0.614. The molecule has 7 nitrogen and oxygen atoms in total. The van der Waals surface area contributed by atoms with E-state index in [9.17, 15) is 14.7 Å². The maximum atomic E-state index is 12.6. The van der Waals surface area contributed by atoms with Crippen molar-refractivity contribution in [3.05, 3.63) is 29.3 Å². The number of hydrogen-bond donors (Lipinski definition) is 3. The van der Waals surface area contributed by atoms with E-state index in [-0.39, 0.29) is 23.1 Å². The van der Waals surface area contributed by atoms with Crippen molar-refractivity contribution in [2.24, 2.45) is 17.6 Å². The van der Waals surface area contributed by atoms with Crippen molar-refractivity contribution >= 4 is 11.9 Å². The minimum Gasteiger partial charge on any atom is -0.507 e. The number of hydrogen-bond acceptors (Lipinski definition) is 5. The first-order valence-electron chi connectivity index (χ1n) is 10.5. The number of carbonyl (C=O) groups is 2. The Morgan fingerprint density at radius 3 is 2.48 bits per heavy atom. The van der Waals surface area contributed by atoms with Gasteiger partial charge in [-0.25, -0.2) is 4.79 Å². The number of carbonyl (C=O) groups excluding carboxylic acids is 1. The fraction of sp³-hybridized carbons (Fsp3) is 0.636. The van der Waals surface area contributed by atoms with Gasteiger partial charge in [0.15, 0.2) is 0 Å². The van der Waals surface area contributed by atoms with Crippen LogP contribution in [0.4, 0.5) is 0 Å². The van der Waals surface area contributed by atoms with Crippen LogP contribution in [0.5, 0.6) is 5.75 Å². The predicted octanol–water partition coefficient (Wildman–Crippen LogP) is 2.75. The van der Waals surface area contributed by atoms with Gasteiger partial charge in [-0.3, -0.25) is 4.79 Å². The van der Waals surface area contributed by atoms with Crippen molar-refractivity contribution in [2.45, 2.75) is 63.6 Å². The summed E-state index contributed by atoms with van der Waals surface area (Å²) in [4.78, 5) is 25.5. The number of rotatable bonds is 8. The van der Waals surface area contributed by atoms with Gasteiger partial charge < -0.3 is 25.6 Å². The Bertz CT molecular complexity index is 726. The lowest BCUT2D eigenvalue weighted by atomic mass is 9.78. The summed E-state index contributed by atoms with van der Waals surface area (Å²) in [6.45, 7) is 0.909. The zero-order valence-electron chi connectivity index (χ0n) is 17.0. The Morgan fingerprint density at radius 1 is 1.21 bits per heavy atom. The minimum absolute atomic E-state index is 0.0796. The summed E-state index contributed by atoms with van der Waals surface area (Å²) in [5.74, 6) is -0.661. The molecule has 1 atom stereocenters. The van der Waals surface area contributed by atoms with Gasteiger partial charge in [0.2, 0.25) is 5.91 Å². The van der Waals surface area contributed by atoms with Crippen molar-refractivity contribution < 1.29 is 24.5 Å². The number of ether oxygens (including phenoxy) is 1. The zero-order valence-corrected chi connectivity index (χ0v) is 17.0. The molecule has 29 heavy (non-hydrogen) atoms. The monoisotopic (exact) mass is 404 g/mol.